The average Bonchev–Trinajstić information content (AvgIpc) is 2.15. The van der Waals surface area contributed by atoms with E-state index in [1.807, 2.05) is 12.1 Å². The van der Waals surface area contributed by atoms with E-state index in [-0.39, 0.29) is 5.41 Å². The van der Waals surface area contributed by atoms with Gasteiger partial charge in [0, 0.05) is 5.56 Å². The third kappa shape index (κ3) is 2.16. The molecule has 1 aromatic carbocycles. The summed E-state index contributed by atoms with van der Waals surface area (Å²) in [6.07, 6.45) is 1.83. The van der Waals surface area contributed by atoms with Crippen LogP contribution in [0.1, 0.15) is 31.9 Å². The highest BCUT2D eigenvalue weighted by Gasteiger charge is 2.14. The lowest BCUT2D eigenvalue weighted by Crippen LogP contribution is -2.11. The maximum atomic E-state index is 5.23. The fraction of sp³-hybridized carbons (Fsp3) is 0.385. The van der Waals surface area contributed by atoms with Crippen LogP contribution >= 0.6 is 0 Å². The van der Waals surface area contributed by atoms with Crippen LogP contribution in [-0.2, 0) is 5.41 Å². The molecule has 0 saturated carbocycles. The molecule has 0 radical (unpaired) electrons. The molecule has 0 bridgehead atoms. The second-order valence-electron chi connectivity index (χ2n) is 4.41. The highest BCUT2D eigenvalue weighted by Crippen LogP contribution is 2.28. The Labute approximate surface area is 86.4 Å². The summed E-state index contributed by atoms with van der Waals surface area (Å²) in [4.78, 5) is 0. The van der Waals surface area contributed by atoms with E-state index >= 15 is 0 Å². The van der Waals surface area contributed by atoms with Gasteiger partial charge in [-0.05, 0) is 23.1 Å². The van der Waals surface area contributed by atoms with Crippen LogP contribution in [0.2, 0.25) is 0 Å². The summed E-state index contributed by atoms with van der Waals surface area (Å²) in [6.45, 7) is 10.4. The first-order valence-electron chi connectivity index (χ1n) is 4.80. The lowest BCUT2D eigenvalue weighted by atomic mass is 9.86. The van der Waals surface area contributed by atoms with E-state index in [2.05, 4.69) is 39.5 Å². The molecule has 0 aliphatic rings. The summed E-state index contributed by atoms with van der Waals surface area (Å²) < 4.78 is 5.23. The molecule has 1 heteroatoms. The number of rotatable bonds is 2. The van der Waals surface area contributed by atoms with E-state index in [9.17, 15) is 0 Å². The molecule has 0 amide bonds. The minimum Gasteiger partial charge on any atom is -0.496 e. The predicted octanol–water partition coefficient (Wildman–Crippen LogP) is 3.64. The van der Waals surface area contributed by atoms with Crippen LogP contribution in [0.4, 0.5) is 0 Å². The van der Waals surface area contributed by atoms with E-state index in [0.29, 0.717) is 0 Å². The van der Waals surface area contributed by atoms with Crippen LogP contribution in [0, 0.1) is 0 Å². The van der Waals surface area contributed by atoms with Crippen molar-refractivity contribution in [1.82, 2.24) is 0 Å². The Morgan fingerprint density at radius 3 is 2.36 bits per heavy atom. The molecule has 0 unspecified atom stereocenters. The molecule has 0 spiro atoms. The van der Waals surface area contributed by atoms with Crippen LogP contribution in [0.25, 0.3) is 6.08 Å². The summed E-state index contributed by atoms with van der Waals surface area (Å²) in [5.41, 5.74) is 2.53. The smallest absolute Gasteiger partial charge is 0.126 e. The number of hydrogen-bond acceptors (Lipinski definition) is 1. The first-order valence-corrected chi connectivity index (χ1v) is 4.80. The Morgan fingerprint density at radius 1 is 1.29 bits per heavy atom. The molecular formula is C13H18O. The molecule has 1 rings (SSSR count). The molecule has 14 heavy (non-hydrogen) atoms. The van der Waals surface area contributed by atoms with Gasteiger partial charge in [-0.2, -0.15) is 0 Å². The second kappa shape index (κ2) is 3.87. The van der Waals surface area contributed by atoms with Crippen molar-refractivity contribution in [2.75, 3.05) is 7.11 Å². The fourth-order valence-electron chi connectivity index (χ4n) is 1.36. The quantitative estimate of drug-likeness (QED) is 0.692. The van der Waals surface area contributed by atoms with Crippen molar-refractivity contribution in [1.29, 1.82) is 0 Å². The molecular weight excluding hydrogens is 172 g/mol. The van der Waals surface area contributed by atoms with Gasteiger partial charge in [0.25, 0.3) is 0 Å². The van der Waals surface area contributed by atoms with E-state index in [4.69, 9.17) is 4.74 Å². The molecule has 0 saturated heterocycles. The van der Waals surface area contributed by atoms with Gasteiger partial charge in [0.1, 0.15) is 5.75 Å². The molecule has 0 aliphatic heterocycles. The third-order valence-corrected chi connectivity index (χ3v) is 2.32. The summed E-state index contributed by atoms with van der Waals surface area (Å²) >= 11 is 0. The molecule has 0 aliphatic carbocycles. The Kier molecular flexibility index (Phi) is 3.00. The van der Waals surface area contributed by atoms with Crippen molar-refractivity contribution >= 4 is 6.08 Å². The number of methoxy groups -OCH3 is 1. The lowest BCUT2D eigenvalue weighted by molar-refractivity contribution is 0.413. The maximum Gasteiger partial charge on any atom is 0.126 e. The van der Waals surface area contributed by atoms with Crippen LogP contribution < -0.4 is 4.74 Å². The Bertz CT molecular complexity index is 332. The summed E-state index contributed by atoms with van der Waals surface area (Å²) in [7, 11) is 1.68. The summed E-state index contributed by atoms with van der Waals surface area (Å²) in [5, 5.41) is 0. The summed E-state index contributed by atoms with van der Waals surface area (Å²) in [6, 6.07) is 6.23. The zero-order chi connectivity index (χ0) is 10.8. The minimum absolute atomic E-state index is 0.171. The van der Waals surface area contributed by atoms with Gasteiger partial charge in [-0.15, -0.1) is 0 Å². The van der Waals surface area contributed by atoms with Crippen molar-refractivity contribution in [3.05, 3.63) is 35.9 Å². The van der Waals surface area contributed by atoms with Crippen molar-refractivity contribution in [3.63, 3.8) is 0 Å². The normalized spacial score (nSPS) is 11.1. The molecule has 0 N–H and O–H groups in total. The van der Waals surface area contributed by atoms with Crippen LogP contribution in [0.15, 0.2) is 24.8 Å². The number of hydrogen-bond donors (Lipinski definition) is 0. The lowest BCUT2D eigenvalue weighted by Gasteiger charge is -2.20. The van der Waals surface area contributed by atoms with Crippen LogP contribution in [0.5, 0.6) is 5.75 Å². The first-order chi connectivity index (χ1) is 6.49. The van der Waals surface area contributed by atoms with Gasteiger partial charge in [-0.3, -0.25) is 0 Å². The molecule has 76 valence electrons. The van der Waals surface area contributed by atoms with Gasteiger partial charge >= 0.3 is 0 Å². The van der Waals surface area contributed by atoms with Gasteiger partial charge in [0.05, 0.1) is 7.11 Å². The predicted molar refractivity (Wildman–Crippen MR) is 61.8 cm³/mol. The van der Waals surface area contributed by atoms with Crippen LogP contribution in [0.3, 0.4) is 0 Å². The molecule has 0 fully saturated rings. The van der Waals surface area contributed by atoms with Gasteiger partial charge in [0.2, 0.25) is 0 Å². The van der Waals surface area contributed by atoms with E-state index in [0.717, 1.165) is 11.3 Å². The van der Waals surface area contributed by atoms with Gasteiger partial charge in [-0.1, -0.05) is 39.5 Å². The molecule has 1 aromatic rings. The fourth-order valence-corrected chi connectivity index (χ4v) is 1.36. The number of benzene rings is 1. The van der Waals surface area contributed by atoms with Gasteiger partial charge in [-0.25, -0.2) is 0 Å². The largest absolute Gasteiger partial charge is 0.496 e. The Balaban J connectivity index is 3.21. The van der Waals surface area contributed by atoms with Crippen molar-refractivity contribution in [3.8, 4) is 5.75 Å². The topological polar surface area (TPSA) is 9.23 Å². The van der Waals surface area contributed by atoms with E-state index in [1.165, 1.54) is 5.56 Å². The maximum absolute atomic E-state index is 5.23. The monoisotopic (exact) mass is 190 g/mol. The average molecular weight is 190 g/mol. The van der Waals surface area contributed by atoms with Crippen molar-refractivity contribution in [2.24, 2.45) is 0 Å². The zero-order valence-corrected chi connectivity index (χ0v) is 9.42. The van der Waals surface area contributed by atoms with Crippen molar-refractivity contribution < 1.29 is 4.74 Å². The standard InChI is InChI=1S/C13H18O/c1-6-10-9-11(13(2,3)4)7-8-12(10)14-5/h6-9H,1H2,2-5H3. The molecule has 1 nitrogen and oxygen atoms in total. The Hall–Kier alpha value is -1.24. The van der Waals surface area contributed by atoms with E-state index in [1.54, 1.807) is 7.11 Å². The Morgan fingerprint density at radius 2 is 1.93 bits per heavy atom. The number of ether oxygens (including phenoxy) is 1. The zero-order valence-electron chi connectivity index (χ0n) is 9.42. The molecule has 0 aromatic heterocycles. The van der Waals surface area contributed by atoms with Crippen LogP contribution in [-0.4, -0.2) is 7.11 Å². The highest BCUT2D eigenvalue weighted by atomic mass is 16.5. The summed E-state index contributed by atoms with van der Waals surface area (Å²) in [5.74, 6) is 0.882. The van der Waals surface area contributed by atoms with E-state index < -0.39 is 0 Å². The second-order valence-corrected chi connectivity index (χ2v) is 4.41. The van der Waals surface area contributed by atoms with Gasteiger partial charge in [0.15, 0.2) is 0 Å². The SMILES string of the molecule is C=Cc1cc(C(C)(C)C)ccc1OC. The first kappa shape index (κ1) is 10.8. The van der Waals surface area contributed by atoms with Crippen molar-refractivity contribution in [2.45, 2.75) is 26.2 Å². The third-order valence-electron chi connectivity index (χ3n) is 2.32. The molecule has 0 atom stereocenters. The molecule has 0 heterocycles. The van der Waals surface area contributed by atoms with Gasteiger partial charge < -0.3 is 4.74 Å². The highest BCUT2D eigenvalue weighted by molar-refractivity contribution is 5.57. The minimum atomic E-state index is 0.171.